The highest BCUT2D eigenvalue weighted by Gasteiger charge is 2.09. The average molecular weight is 311 g/mol. The second-order valence-corrected chi connectivity index (χ2v) is 5.13. The third kappa shape index (κ3) is 2.76. The van der Waals surface area contributed by atoms with E-state index in [-0.39, 0.29) is 0 Å². The Morgan fingerprint density at radius 3 is 2.76 bits per heavy atom. The fourth-order valence-electron chi connectivity index (χ4n) is 1.33. The summed E-state index contributed by atoms with van der Waals surface area (Å²) in [5, 5.41) is 4.85. The molecule has 2 aromatic heterocycles. The maximum atomic E-state index is 4.31. The first kappa shape index (κ1) is 12.3. The summed E-state index contributed by atoms with van der Waals surface area (Å²) in [6, 6.07) is 3.85. The number of anilines is 1. The van der Waals surface area contributed by atoms with Crippen LogP contribution in [0.4, 0.5) is 5.82 Å². The van der Waals surface area contributed by atoms with Gasteiger partial charge in [-0.2, -0.15) is 0 Å². The Labute approximate surface area is 112 Å². The maximum Gasteiger partial charge on any atom is 0.133 e. The van der Waals surface area contributed by atoms with Gasteiger partial charge in [-0.15, -0.1) is 0 Å². The number of hydrogen-bond acceptors (Lipinski definition) is 5. The molecule has 0 fully saturated rings. The summed E-state index contributed by atoms with van der Waals surface area (Å²) < 4.78 is 0.967. The highest BCUT2D eigenvalue weighted by Crippen LogP contribution is 2.33. The van der Waals surface area contributed by atoms with E-state index in [4.69, 9.17) is 0 Å². The Morgan fingerprint density at radius 1 is 1.24 bits per heavy atom. The van der Waals surface area contributed by atoms with Crippen molar-refractivity contribution in [2.45, 2.75) is 17.0 Å². The van der Waals surface area contributed by atoms with Gasteiger partial charge in [0.15, 0.2) is 0 Å². The maximum absolute atomic E-state index is 4.31. The summed E-state index contributed by atoms with van der Waals surface area (Å²) in [7, 11) is 1.85. The number of aromatic nitrogens is 3. The summed E-state index contributed by atoms with van der Waals surface area (Å²) >= 11 is 4.99. The Morgan fingerprint density at radius 2 is 2.06 bits per heavy atom. The van der Waals surface area contributed by atoms with Crippen molar-refractivity contribution < 1.29 is 0 Å². The molecule has 2 aromatic rings. The molecule has 4 nitrogen and oxygen atoms in total. The molecule has 0 unspecified atom stereocenters. The molecule has 0 radical (unpaired) electrons. The van der Waals surface area contributed by atoms with Gasteiger partial charge in [-0.25, -0.2) is 15.0 Å². The molecule has 0 aromatic carbocycles. The molecule has 0 amide bonds. The van der Waals surface area contributed by atoms with Crippen LogP contribution in [0.3, 0.4) is 0 Å². The highest BCUT2D eigenvalue weighted by molar-refractivity contribution is 9.10. The lowest BCUT2D eigenvalue weighted by Crippen LogP contribution is -1.98. The molecular weight excluding hydrogens is 300 g/mol. The van der Waals surface area contributed by atoms with Gasteiger partial charge in [-0.3, -0.25) is 0 Å². The lowest BCUT2D eigenvalue weighted by atomic mass is 10.3. The summed E-state index contributed by atoms with van der Waals surface area (Å²) in [5.74, 6) is 0.842. The van der Waals surface area contributed by atoms with E-state index in [1.165, 1.54) is 11.8 Å². The van der Waals surface area contributed by atoms with Gasteiger partial charge in [0.05, 0.1) is 4.47 Å². The Hall–Kier alpha value is -1.14. The largest absolute Gasteiger partial charge is 0.373 e. The van der Waals surface area contributed by atoms with Gasteiger partial charge in [-0.05, 0) is 46.7 Å². The summed E-state index contributed by atoms with van der Waals surface area (Å²) in [6.07, 6.45) is 3.32. The van der Waals surface area contributed by atoms with E-state index in [0.29, 0.717) is 0 Å². The van der Waals surface area contributed by atoms with E-state index in [9.17, 15) is 0 Å². The van der Waals surface area contributed by atoms with Crippen LogP contribution in [0.5, 0.6) is 0 Å². The molecule has 17 heavy (non-hydrogen) atoms. The number of hydrogen-bond donors (Lipinski definition) is 1. The minimum atomic E-state index is 0.842. The van der Waals surface area contributed by atoms with Crippen molar-refractivity contribution in [1.29, 1.82) is 0 Å². The zero-order valence-corrected chi connectivity index (χ0v) is 11.8. The van der Waals surface area contributed by atoms with Crippen LogP contribution in [-0.4, -0.2) is 22.0 Å². The van der Waals surface area contributed by atoms with Gasteiger partial charge in [-0.1, -0.05) is 0 Å². The quantitative estimate of drug-likeness (QED) is 0.883. The Balaban J connectivity index is 2.34. The second kappa shape index (κ2) is 5.46. The molecule has 0 aliphatic rings. The SMILES string of the molecule is CNc1ncnc(Sc2ncccc2Br)c1C. The Bertz CT molecular complexity index is 533. The molecule has 0 spiro atoms. The number of nitrogens with one attached hydrogen (secondary N) is 1. The number of nitrogens with zero attached hydrogens (tertiary/aromatic N) is 3. The molecule has 0 atom stereocenters. The van der Waals surface area contributed by atoms with Crippen molar-refractivity contribution in [3.05, 3.63) is 34.7 Å². The molecule has 2 rings (SSSR count). The summed E-state index contributed by atoms with van der Waals surface area (Å²) in [5.41, 5.74) is 1.03. The zero-order valence-electron chi connectivity index (χ0n) is 9.44. The van der Waals surface area contributed by atoms with Crippen molar-refractivity contribution in [2.24, 2.45) is 0 Å². The van der Waals surface area contributed by atoms with E-state index in [1.807, 2.05) is 26.1 Å². The molecule has 1 N–H and O–H groups in total. The fraction of sp³-hybridized carbons (Fsp3) is 0.182. The van der Waals surface area contributed by atoms with Crippen molar-refractivity contribution in [3.63, 3.8) is 0 Å². The van der Waals surface area contributed by atoms with E-state index < -0.39 is 0 Å². The predicted octanol–water partition coefficient (Wildman–Crippen LogP) is 3.14. The molecule has 0 saturated heterocycles. The van der Waals surface area contributed by atoms with Crippen LogP contribution in [-0.2, 0) is 0 Å². The van der Waals surface area contributed by atoms with Gasteiger partial charge in [0.2, 0.25) is 0 Å². The van der Waals surface area contributed by atoms with Gasteiger partial charge in [0.25, 0.3) is 0 Å². The highest BCUT2D eigenvalue weighted by atomic mass is 79.9. The van der Waals surface area contributed by atoms with Crippen LogP contribution in [0.1, 0.15) is 5.56 Å². The topological polar surface area (TPSA) is 50.7 Å². The van der Waals surface area contributed by atoms with Crippen LogP contribution in [0, 0.1) is 6.92 Å². The standard InChI is InChI=1S/C11H11BrN4S/c1-7-9(13-2)15-6-16-10(7)17-11-8(12)4-3-5-14-11/h3-6H,1-2H3,(H,13,15,16). The molecule has 0 saturated carbocycles. The second-order valence-electron chi connectivity index (χ2n) is 3.29. The normalized spacial score (nSPS) is 10.3. The molecule has 0 aliphatic heterocycles. The zero-order chi connectivity index (χ0) is 12.3. The van der Waals surface area contributed by atoms with E-state index >= 15 is 0 Å². The molecular formula is C11H11BrN4S. The van der Waals surface area contributed by atoms with E-state index in [1.54, 1.807) is 12.5 Å². The monoisotopic (exact) mass is 310 g/mol. The lowest BCUT2D eigenvalue weighted by Gasteiger charge is -2.08. The molecule has 88 valence electrons. The first-order chi connectivity index (χ1) is 8.22. The van der Waals surface area contributed by atoms with Crippen LogP contribution in [0.2, 0.25) is 0 Å². The first-order valence-corrected chi connectivity index (χ1v) is 6.61. The van der Waals surface area contributed by atoms with Crippen molar-refractivity contribution in [3.8, 4) is 0 Å². The lowest BCUT2D eigenvalue weighted by molar-refractivity contribution is 0.995. The van der Waals surface area contributed by atoms with Crippen molar-refractivity contribution >= 4 is 33.5 Å². The average Bonchev–Trinajstić information content (AvgIpc) is 2.34. The molecule has 2 heterocycles. The third-order valence-corrected chi connectivity index (χ3v) is 4.22. The van der Waals surface area contributed by atoms with Crippen LogP contribution in [0.25, 0.3) is 0 Å². The summed E-state index contributed by atoms with van der Waals surface area (Å²) in [4.78, 5) is 12.7. The van der Waals surface area contributed by atoms with Crippen LogP contribution < -0.4 is 5.32 Å². The summed E-state index contributed by atoms with van der Waals surface area (Å²) in [6.45, 7) is 1.99. The van der Waals surface area contributed by atoms with Gasteiger partial charge in [0.1, 0.15) is 22.2 Å². The minimum Gasteiger partial charge on any atom is -0.373 e. The van der Waals surface area contributed by atoms with Gasteiger partial charge in [0, 0.05) is 18.8 Å². The van der Waals surface area contributed by atoms with E-state index in [0.717, 1.165) is 25.9 Å². The fourth-order valence-corrected chi connectivity index (χ4v) is 2.64. The number of rotatable bonds is 3. The predicted molar refractivity (Wildman–Crippen MR) is 72.4 cm³/mol. The number of halogens is 1. The molecule has 0 aliphatic carbocycles. The smallest absolute Gasteiger partial charge is 0.133 e. The van der Waals surface area contributed by atoms with E-state index in [2.05, 4.69) is 36.2 Å². The number of pyridine rings is 1. The Kier molecular flexibility index (Phi) is 3.96. The van der Waals surface area contributed by atoms with Crippen LogP contribution >= 0.6 is 27.7 Å². The van der Waals surface area contributed by atoms with Gasteiger partial charge >= 0.3 is 0 Å². The first-order valence-electron chi connectivity index (χ1n) is 5.00. The van der Waals surface area contributed by atoms with Crippen molar-refractivity contribution in [2.75, 3.05) is 12.4 Å². The molecule has 0 bridgehead atoms. The minimum absolute atomic E-state index is 0.842. The van der Waals surface area contributed by atoms with Crippen LogP contribution in [0.15, 0.2) is 39.2 Å². The molecule has 6 heteroatoms. The third-order valence-electron chi connectivity index (χ3n) is 2.19. The van der Waals surface area contributed by atoms with Gasteiger partial charge < -0.3 is 5.32 Å². The van der Waals surface area contributed by atoms with Crippen molar-refractivity contribution in [1.82, 2.24) is 15.0 Å².